The van der Waals surface area contributed by atoms with E-state index in [-0.39, 0.29) is 5.56 Å². The lowest BCUT2D eigenvalue weighted by atomic mass is 10.3. The van der Waals surface area contributed by atoms with Crippen molar-refractivity contribution in [1.29, 1.82) is 0 Å². The summed E-state index contributed by atoms with van der Waals surface area (Å²) >= 11 is 1.46. The first kappa shape index (κ1) is 10.6. The van der Waals surface area contributed by atoms with Crippen molar-refractivity contribution in [2.75, 3.05) is 0 Å². The van der Waals surface area contributed by atoms with E-state index in [1.165, 1.54) is 18.0 Å². The highest BCUT2D eigenvalue weighted by atomic mass is 32.2. The standard InChI is InChI=1S/C11H8N2O2S/c14-11(15)8-1-2-10(13-7-8)16-9-3-5-12-6-4-9/h1-7H,(H,14,15). The lowest BCUT2D eigenvalue weighted by Gasteiger charge is -2.00. The molecule has 0 fully saturated rings. The van der Waals surface area contributed by atoms with Crippen LogP contribution in [0.4, 0.5) is 0 Å². The fraction of sp³-hybridized carbons (Fsp3) is 0. The minimum atomic E-state index is -0.965. The van der Waals surface area contributed by atoms with E-state index in [1.54, 1.807) is 24.5 Å². The molecule has 0 unspecified atom stereocenters. The van der Waals surface area contributed by atoms with Gasteiger partial charge in [-0.2, -0.15) is 0 Å². The van der Waals surface area contributed by atoms with Crippen LogP contribution in [0.2, 0.25) is 0 Å². The van der Waals surface area contributed by atoms with Gasteiger partial charge >= 0.3 is 5.97 Å². The van der Waals surface area contributed by atoms with Crippen molar-refractivity contribution in [2.24, 2.45) is 0 Å². The SMILES string of the molecule is O=C(O)c1ccc(Sc2ccncc2)nc1. The summed E-state index contributed by atoms with van der Waals surface area (Å²) in [6.45, 7) is 0. The molecule has 4 nitrogen and oxygen atoms in total. The van der Waals surface area contributed by atoms with E-state index in [0.717, 1.165) is 9.92 Å². The molecule has 0 bridgehead atoms. The molecular weight excluding hydrogens is 224 g/mol. The zero-order chi connectivity index (χ0) is 11.4. The van der Waals surface area contributed by atoms with Crippen molar-refractivity contribution in [3.8, 4) is 0 Å². The second-order valence-corrected chi connectivity index (χ2v) is 4.07. The van der Waals surface area contributed by atoms with Crippen molar-refractivity contribution in [1.82, 2.24) is 9.97 Å². The van der Waals surface area contributed by atoms with Crippen LogP contribution in [0.1, 0.15) is 10.4 Å². The average molecular weight is 232 g/mol. The van der Waals surface area contributed by atoms with Crippen LogP contribution in [0, 0.1) is 0 Å². The van der Waals surface area contributed by atoms with Gasteiger partial charge < -0.3 is 5.11 Å². The second kappa shape index (κ2) is 4.76. The Labute approximate surface area is 96.4 Å². The summed E-state index contributed by atoms with van der Waals surface area (Å²) in [6.07, 6.45) is 4.76. The molecule has 16 heavy (non-hydrogen) atoms. The van der Waals surface area contributed by atoms with Gasteiger partial charge in [0.05, 0.1) is 5.56 Å². The molecule has 0 aliphatic heterocycles. The van der Waals surface area contributed by atoms with Gasteiger partial charge in [-0.25, -0.2) is 9.78 Å². The first-order chi connectivity index (χ1) is 7.75. The molecule has 0 amide bonds. The van der Waals surface area contributed by atoms with Gasteiger partial charge in [-0.15, -0.1) is 0 Å². The van der Waals surface area contributed by atoms with Crippen LogP contribution in [0.5, 0.6) is 0 Å². The summed E-state index contributed by atoms with van der Waals surface area (Å²) in [4.78, 5) is 19.6. The number of hydrogen-bond acceptors (Lipinski definition) is 4. The predicted molar refractivity (Wildman–Crippen MR) is 59.6 cm³/mol. The summed E-state index contributed by atoms with van der Waals surface area (Å²) in [5.74, 6) is -0.965. The molecule has 0 radical (unpaired) electrons. The minimum Gasteiger partial charge on any atom is -0.478 e. The molecule has 0 aliphatic rings. The van der Waals surface area contributed by atoms with Gasteiger partial charge in [0, 0.05) is 23.5 Å². The molecular formula is C11H8N2O2S. The number of pyridine rings is 2. The highest BCUT2D eigenvalue weighted by molar-refractivity contribution is 7.99. The van der Waals surface area contributed by atoms with Gasteiger partial charge in [-0.3, -0.25) is 4.98 Å². The molecule has 2 aromatic heterocycles. The average Bonchev–Trinajstić information content (AvgIpc) is 2.31. The van der Waals surface area contributed by atoms with Crippen LogP contribution < -0.4 is 0 Å². The monoisotopic (exact) mass is 232 g/mol. The fourth-order valence-corrected chi connectivity index (χ4v) is 1.83. The summed E-state index contributed by atoms with van der Waals surface area (Å²) in [6, 6.07) is 6.97. The van der Waals surface area contributed by atoms with Crippen molar-refractivity contribution >= 4 is 17.7 Å². The third-order valence-electron chi connectivity index (χ3n) is 1.86. The zero-order valence-electron chi connectivity index (χ0n) is 8.20. The summed E-state index contributed by atoms with van der Waals surface area (Å²) in [7, 11) is 0. The van der Waals surface area contributed by atoms with E-state index < -0.39 is 5.97 Å². The molecule has 0 aromatic carbocycles. The summed E-state index contributed by atoms with van der Waals surface area (Å²) < 4.78 is 0. The van der Waals surface area contributed by atoms with Crippen LogP contribution in [0.25, 0.3) is 0 Å². The van der Waals surface area contributed by atoms with Crippen LogP contribution in [0.15, 0.2) is 52.8 Å². The molecule has 0 atom stereocenters. The Morgan fingerprint density at radius 2 is 1.94 bits per heavy atom. The minimum absolute atomic E-state index is 0.194. The smallest absolute Gasteiger partial charge is 0.337 e. The third kappa shape index (κ3) is 2.58. The zero-order valence-corrected chi connectivity index (χ0v) is 9.02. The first-order valence-corrected chi connectivity index (χ1v) is 5.34. The van der Waals surface area contributed by atoms with Gasteiger partial charge in [0.2, 0.25) is 0 Å². The topological polar surface area (TPSA) is 63.1 Å². The van der Waals surface area contributed by atoms with Crippen LogP contribution in [-0.2, 0) is 0 Å². The quantitative estimate of drug-likeness (QED) is 0.879. The molecule has 0 saturated carbocycles. The lowest BCUT2D eigenvalue weighted by Crippen LogP contribution is -1.96. The van der Waals surface area contributed by atoms with E-state index in [2.05, 4.69) is 9.97 Å². The maximum atomic E-state index is 10.6. The van der Waals surface area contributed by atoms with E-state index in [4.69, 9.17) is 5.11 Å². The number of carboxylic acid groups (broad SMARTS) is 1. The van der Waals surface area contributed by atoms with E-state index in [0.29, 0.717) is 0 Å². The van der Waals surface area contributed by atoms with E-state index >= 15 is 0 Å². The molecule has 80 valence electrons. The van der Waals surface area contributed by atoms with Gasteiger partial charge in [0.1, 0.15) is 5.03 Å². The highest BCUT2D eigenvalue weighted by Crippen LogP contribution is 2.24. The fourth-order valence-electron chi connectivity index (χ4n) is 1.09. The van der Waals surface area contributed by atoms with Crippen molar-refractivity contribution in [2.45, 2.75) is 9.92 Å². The normalized spacial score (nSPS) is 10.0. The van der Waals surface area contributed by atoms with Gasteiger partial charge in [0.15, 0.2) is 0 Å². The largest absolute Gasteiger partial charge is 0.478 e. The summed E-state index contributed by atoms with van der Waals surface area (Å²) in [5, 5.41) is 9.47. The molecule has 2 aromatic rings. The number of carboxylic acids is 1. The second-order valence-electron chi connectivity index (χ2n) is 2.98. The van der Waals surface area contributed by atoms with Crippen LogP contribution >= 0.6 is 11.8 Å². The van der Waals surface area contributed by atoms with Crippen molar-refractivity contribution in [3.05, 3.63) is 48.4 Å². The molecule has 1 N–H and O–H groups in total. The van der Waals surface area contributed by atoms with E-state index in [1.807, 2.05) is 12.1 Å². The van der Waals surface area contributed by atoms with Crippen molar-refractivity contribution < 1.29 is 9.90 Å². The number of rotatable bonds is 3. The van der Waals surface area contributed by atoms with Crippen molar-refractivity contribution in [3.63, 3.8) is 0 Å². The molecule has 0 aliphatic carbocycles. The maximum Gasteiger partial charge on any atom is 0.337 e. The lowest BCUT2D eigenvalue weighted by molar-refractivity contribution is 0.0696. The molecule has 2 heterocycles. The van der Waals surface area contributed by atoms with Gasteiger partial charge in [0.25, 0.3) is 0 Å². The number of hydrogen-bond donors (Lipinski definition) is 1. The Bertz CT molecular complexity index is 485. The number of aromatic carboxylic acids is 1. The Balaban J connectivity index is 2.14. The van der Waals surface area contributed by atoms with Crippen LogP contribution in [0.3, 0.4) is 0 Å². The predicted octanol–water partition coefficient (Wildman–Crippen LogP) is 2.33. The number of aromatic nitrogens is 2. The summed E-state index contributed by atoms with van der Waals surface area (Å²) in [5.41, 5.74) is 0.194. The Morgan fingerprint density at radius 1 is 1.19 bits per heavy atom. The first-order valence-electron chi connectivity index (χ1n) is 4.53. The maximum absolute atomic E-state index is 10.6. The van der Waals surface area contributed by atoms with E-state index in [9.17, 15) is 4.79 Å². The van der Waals surface area contributed by atoms with Gasteiger partial charge in [-0.1, -0.05) is 11.8 Å². The Kier molecular flexibility index (Phi) is 3.16. The molecule has 0 saturated heterocycles. The Hall–Kier alpha value is -1.88. The van der Waals surface area contributed by atoms with Gasteiger partial charge in [-0.05, 0) is 24.3 Å². The molecule has 5 heteroatoms. The highest BCUT2D eigenvalue weighted by Gasteiger charge is 2.03. The van der Waals surface area contributed by atoms with Crippen LogP contribution in [-0.4, -0.2) is 21.0 Å². The Morgan fingerprint density at radius 3 is 2.50 bits per heavy atom. The number of carbonyl (C=O) groups is 1. The molecule has 2 rings (SSSR count). The number of nitrogens with zero attached hydrogens (tertiary/aromatic N) is 2. The third-order valence-corrected chi connectivity index (χ3v) is 2.81. The molecule has 0 spiro atoms.